The van der Waals surface area contributed by atoms with Crippen molar-refractivity contribution in [2.24, 2.45) is 0 Å². The summed E-state index contributed by atoms with van der Waals surface area (Å²) >= 11 is 1.76. The molecular weight excluding hydrogens is 751 g/mol. The molecule has 0 N–H and O–H groups in total. The van der Waals surface area contributed by atoms with Gasteiger partial charge in [0.2, 0.25) is 0 Å². The fraction of sp³-hybridized carbons (Fsp3) is 0.0545. The monoisotopic (exact) mass is 785 g/mol. The number of nitrogens with zero attached hydrogens (tertiary/aromatic N) is 3. The Hall–Kier alpha value is -7.34. The van der Waals surface area contributed by atoms with Gasteiger partial charge in [-0.1, -0.05) is 129 Å². The maximum atomic E-state index is 6.67. The lowest BCUT2D eigenvalue weighted by atomic mass is 9.82. The van der Waals surface area contributed by atoms with E-state index in [1.807, 2.05) is 0 Å². The molecule has 0 amide bonds. The molecule has 0 bridgehead atoms. The van der Waals surface area contributed by atoms with Crippen molar-refractivity contribution in [3.8, 4) is 50.6 Å². The number of aromatic nitrogens is 3. The summed E-state index contributed by atoms with van der Waals surface area (Å²) in [5.74, 6) is 0.689. The maximum Gasteiger partial charge on any atom is 0.160 e. The molecule has 0 saturated heterocycles. The number of fused-ring (bicyclic) bond motifs is 12. The Balaban J connectivity index is 1.05. The molecule has 282 valence electrons. The molecule has 0 aliphatic heterocycles. The topological polar surface area (TPSA) is 43.9 Å². The minimum Gasteiger partial charge on any atom is -0.456 e. The van der Waals surface area contributed by atoms with Gasteiger partial charge in [0.15, 0.2) is 5.82 Å². The zero-order valence-corrected chi connectivity index (χ0v) is 33.7. The van der Waals surface area contributed by atoms with Crippen LogP contribution in [0.3, 0.4) is 0 Å². The van der Waals surface area contributed by atoms with Gasteiger partial charge in [-0.25, -0.2) is 9.97 Å². The van der Waals surface area contributed by atoms with Gasteiger partial charge in [-0.2, -0.15) is 0 Å². The first-order valence-electron chi connectivity index (χ1n) is 20.5. The summed E-state index contributed by atoms with van der Waals surface area (Å²) in [6, 6.07) is 63.2. The molecule has 60 heavy (non-hydrogen) atoms. The molecule has 12 aromatic rings. The van der Waals surface area contributed by atoms with Gasteiger partial charge in [-0.15, -0.1) is 11.3 Å². The van der Waals surface area contributed by atoms with Gasteiger partial charge >= 0.3 is 0 Å². The maximum absolute atomic E-state index is 6.67. The Morgan fingerprint density at radius 2 is 1.27 bits per heavy atom. The van der Waals surface area contributed by atoms with Crippen molar-refractivity contribution in [2.45, 2.75) is 19.3 Å². The van der Waals surface area contributed by atoms with Crippen LogP contribution in [0.15, 0.2) is 180 Å². The van der Waals surface area contributed by atoms with Crippen LogP contribution in [0.5, 0.6) is 0 Å². The number of rotatable bonds is 4. The lowest BCUT2D eigenvalue weighted by Gasteiger charge is -2.21. The molecule has 0 saturated carbocycles. The first-order valence-corrected chi connectivity index (χ1v) is 21.3. The summed E-state index contributed by atoms with van der Waals surface area (Å²) in [4.78, 5) is 10.8. The molecule has 0 fully saturated rings. The molecule has 4 heterocycles. The van der Waals surface area contributed by atoms with Gasteiger partial charge in [0.1, 0.15) is 11.2 Å². The van der Waals surface area contributed by atoms with Gasteiger partial charge in [0.25, 0.3) is 0 Å². The minimum absolute atomic E-state index is 0.124. The van der Waals surface area contributed by atoms with E-state index < -0.39 is 0 Å². The molecular formula is C55H35N3OS. The summed E-state index contributed by atoms with van der Waals surface area (Å²) in [7, 11) is 0. The lowest BCUT2D eigenvalue weighted by molar-refractivity contribution is 0.661. The van der Waals surface area contributed by atoms with Crippen molar-refractivity contribution in [3.63, 3.8) is 0 Å². The third-order valence-electron chi connectivity index (χ3n) is 12.8. The molecule has 4 nitrogen and oxygen atoms in total. The van der Waals surface area contributed by atoms with Crippen LogP contribution in [-0.4, -0.2) is 14.5 Å². The molecule has 5 heteroatoms. The molecule has 0 atom stereocenters. The van der Waals surface area contributed by atoms with Crippen LogP contribution in [0.1, 0.15) is 25.0 Å². The van der Waals surface area contributed by atoms with E-state index in [1.165, 1.54) is 54.3 Å². The van der Waals surface area contributed by atoms with Crippen LogP contribution in [0.2, 0.25) is 0 Å². The fourth-order valence-electron chi connectivity index (χ4n) is 9.95. The van der Waals surface area contributed by atoms with Gasteiger partial charge < -0.3 is 8.98 Å². The fourth-order valence-corrected chi connectivity index (χ4v) is 11.1. The Kier molecular flexibility index (Phi) is 6.91. The first kappa shape index (κ1) is 33.6. The Morgan fingerprint density at radius 3 is 2.18 bits per heavy atom. The molecule has 13 rings (SSSR count). The van der Waals surface area contributed by atoms with E-state index in [2.05, 4.69) is 194 Å². The average molecular weight is 786 g/mol. The van der Waals surface area contributed by atoms with Crippen LogP contribution < -0.4 is 0 Å². The summed E-state index contributed by atoms with van der Waals surface area (Å²) in [6.07, 6.45) is 0. The Bertz CT molecular complexity index is 3760. The average Bonchev–Trinajstić information content (AvgIpc) is 4.02. The second-order valence-corrected chi connectivity index (χ2v) is 17.6. The van der Waals surface area contributed by atoms with Crippen molar-refractivity contribution in [2.75, 3.05) is 0 Å². The van der Waals surface area contributed by atoms with E-state index >= 15 is 0 Å². The highest BCUT2D eigenvalue weighted by molar-refractivity contribution is 7.26. The highest BCUT2D eigenvalue weighted by atomic mass is 32.1. The third kappa shape index (κ3) is 4.72. The number of para-hydroxylation sites is 1. The Morgan fingerprint density at radius 1 is 0.500 bits per heavy atom. The number of furan rings is 1. The number of thiophene rings is 1. The second-order valence-electron chi connectivity index (χ2n) is 16.5. The van der Waals surface area contributed by atoms with Crippen LogP contribution in [0.4, 0.5) is 0 Å². The summed E-state index contributed by atoms with van der Waals surface area (Å²) < 4.78 is 11.4. The van der Waals surface area contributed by atoms with Gasteiger partial charge in [-0.3, -0.25) is 0 Å². The van der Waals surface area contributed by atoms with Crippen LogP contribution in [-0.2, 0) is 5.41 Å². The van der Waals surface area contributed by atoms with E-state index in [4.69, 9.17) is 14.4 Å². The van der Waals surface area contributed by atoms with E-state index in [0.717, 1.165) is 65.6 Å². The van der Waals surface area contributed by atoms with Crippen molar-refractivity contribution in [3.05, 3.63) is 187 Å². The second kappa shape index (κ2) is 12.3. The number of hydrogen-bond acceptors (Lipinski definition) is 4. The van der Waals surface area contributed by atoms with Crippen molar-refractivity contribution in [1.82, 2.24) is 14.5 Å². The van der Waals surface area contributed by atoms with E-state index in [9.17, 15) is 0 Å². The van der Waals surface area contributed by atoms with Crippen molar-refractivity contribution >= 4 is 75.4 Å². The molecule has 8 aromatic carbocycles. The summed E-state index contributed by atoms with van der Waals surface area (Å²) in [5, 5.41) is 5.72. The SMILES string of the molecule is CC1(C)c2ccccc2-c2cc3c4ccccc4n(-c4cccc5oc6ccc(-c7nc(-c8cccc(-c9ccccc9)c8)c8sc9ccccc9c8n7)cc6c45)c3cc21. The van der Waals surface area contributed by atoms with Crippen LogP contribution in [0, 0.1) is 0 Å². The molecule has 0 unspecified atom stereocenters. The predicted molar refractivity (Wildman–Crippen MR) is 250 cm³/mol. The summed E-state index contributed by atoms with van der Waals surface area (Å²) in [6.45, 7) is 4.71. The standard InChI is InChI=1S/C55H35N3OS/c1-55(2)42-21-9-6-18-36(42)39-30-40-37-19-7-10-22-44(37)58(46(40)31-43(39)55)45-23-13-24-48-50(45)41-29-35(26-27-47(41)59-48)54-56-51(53-52(57-54)38-20-8-11-25-49(38)60-53)34-17-12-16-33(28-34)32-14-4-3-5-15-32/h3-31H,1-2H3. The number of benzene rings is 8. The van der Waals surface area contributed by atoms with Crippen molar-refractivity contribution in [1.29, 1.82) is 0 Å². The zero-order valence-electron chi connectivity index (χ0n) is 32.9. The number of hydrogen-bond donors (Lipinski definition) is 0. The zero-order chi connectivity index (χ0) is 39.7. The largest absolute Gasteiger partial charge is 0.456 e. The van der Waals surface area contributed by atoms with E-state index in [-0.39, 0.29) is 5.41 Å². The van der Waals surface area contributed by atoms with E-state index in [0.29, 0.717) is 5.82 Å². The van der Waals surface area contributed by atoms with Gasteiger partial charge in [0, 0.05) is 42.8 Å². The smallest absolute Gasteiger partial charge is 0.160 e. The quantitative estimate of drug-likeness (QED) is 0.178. The normalized spacial score (nSPS) is 13.3. The van der Waals surface area contributed by atoms with Gasteiger partial charge in [-0.05, 0) is 94.0 Å². The highest BCUT2D eigenvalue weighted by Crippen LogP contribution is 2.51. The van der Waals surface area contributed by atoms with Gasteiger partial charge in [0.05, 0.1) is 38.0 Å². The predicted octanol–water partition coefficient (Wildman–Crippen LogP) is 15.1. The molecule has 1 aliphatic carbocycles. The third-order valence-corrected chi connectivity index (χ3v) is 14.0. The Labute approximate surface area is 349 Å². The molecule has 1 aliphatic rings. The minimum atomic E-state index is -0.124. The first-order chi connectivity index (χ1) is 29.5. The van der Waals surface area contributed by atoms with Crippen LogP contribution >= 0.6 is 11.3 Å². The lowest BCUT2D eigenvalue weighted by Crippen LogP contribution is -2.14. The van der Waals surface area contributed by atoms with Crippen molar-refractivity contribution < 1.29 is 4.42 Å². The van der Waals surface area contributed by atoms with Crippen LogP contribution in [0.25, 0.3) is 115 Å². The summed E-state index contributed by atoms with van der Waals surface area (Å²) in [5.41, 5.74) is 16.6. The molecule has 0 radical (unpaired) electrons. The molecule has 0 spiro atoms. The highest BCUT2D eigenvalue weighted by Gasteiger charge is 2.36. The van der Waals surface area contributed by atoms with E-state index in [1.54, 1.807) is 11.3 Å². The molecule has 4 aromatic heterocycles.